The average molecular weight is 221 g/mol. The van der Waals surface area contributed by atoms with Crippen LogP contribution < -0.4 is 0 Å². The summed E-state index contributed by atoms with van der Waals surface area (Å²) in [5.74, 6) is 0. The molecule has 0 unspecified atom stereocenters. The highest BCUT2D eigenvalue weighted by Crippen LogP contribution is 2.48. The Labute approximate surface area is 77.6 Å². The van der Waals surface area contributed by atoms with Gasteiger partial charge in [-0.2, -0.15) is 0 Å². The second kappa shape index (κ2) is 3.06. The monoisotopic (exact) mass is 220 g/mol. The van der Waals surface area contributed by atoms with Gasteiger partial charge in [0.15, 0.2) is 0 Å². The van der Waals surface area contributed by atoms with E-state index in [1.807, 2.05) is 0 Å². The minimum atomic E-state index is 0.375. The summed E-state index contributed by atoms with van der Waals surface area (Å²) in [6, 6.07) is 0. The molecule has 0 atom stereocenters. The summed E-state index contributed by atoms with van der Waals surface area (Å²) in [5.41, 5.74) is 0.816. The van der Waals surface area contributed by atoms with Crippen molar-refractivity contribution in [1.82, 2.24) is 0 Å². The topological polar surface area (TPSA) is 9.23 Å². The lowest BCUT2D eigenvalue weighted by Gasteiger charge is -2.51. The molecule has 1 aliphatic heterocycles. The Hall–Kier alpha value is 0.440. The molecule has 0 aromatic rings. The molecule has 0 aromatic carbocycles. The van der Waals surface area contributed by atoms with Gasteiger partial charge in [-0.25, -0.2) is 0 Å². The van der Waals surface area contributed by atoms with Crippen molar-refractivity contribution in [3.05, 3.63) is 0 Å². The number of ether oxygens (including phenoxy) is 1. The van der Waals surface area contributed by atoms with Crippen molar-refractivity contribution < 1.29 is 4.74 Å². The molecule has 1 heterocycles. The first kappa shape index (κ1) is 9.53. The largest absolute Gasteiger partial charge is 0.380 e. The Morgan fingerprint density at radius 2 is 2.00 bits per heavy atom. The second-order valence-electron chi connectivity index (χ2n) is 4.14. The van der Waals surface area contributed by atoms with Crippen LogP contribution in [0.5, 0.6) is 0 Å². The third-order valence-corrected chi connectivity index (χ3v) is 4.61. The van der Waals surface area contributed by atoms with Crippen molar-refractivity contribution >= 4 is 15.9 Å². The molecule has 1 saturated heterocycles. The molecular weight excluding hydrogens is 204 g/mol. The summed E-state index contributed by atoms with van der Waals surface area (Å²) in [4.78, 5) is 0. The van der Waals surface area contributed by atoms with Crippen LogP contribution in [-0.4, -0.2) is 18.5 Å². The summed E-state index contributed by atoms with van der Waals surface area (Å²) < 4.78 is 5.30. The van der Waals surface area contributed by atoms with E-state index in [4.69, 9.17) is 4.74 Å². The number of hydrogen-bond acceptors (Lipinski definition) is 1. The predicted molar refractivity (Wildman–Crippen MR) is 51.1 cm³/mol. The molecule has 2 heteroatoms. The lowest BCUT2D eigenvalue weighted by Crippen LogP contribution is -2.53. The molecule has 1 nitrogen and oxygen atoms in total. The van der Waals surface area contributed by atoms with E-state index in [2.05, 4.69) is 36.7 Å². The molecule has 0 saturated carbocycles. The maximum atomic E-state index is 5.30. The highest BCUT2D eigenvalue weighted by atomic mass is 79.9. The first-order chi connectivity index (χ1) is 5.08. The normalized spacial score (nSPS) is 22.9. The third kappa shape index (κ3) is 1.35. The van der Waals surface area contributed by atoms with Gasteiger partial charge in [0.2, 0.25) is 0 Å². The van der Waals surface area contributed by atoms with Crippen LogP contribution in [0.25, 0.3) is 0 Å². The molecule has 0 aliphatic carbocycles. The zero-order chi connectivity index (χ0) is 8.54. The van der Waals surface area contributed by atoms with Crippen LogP contribution in [0, 0.1) is 10.8 Å². The van der Waals surface area contributed by atoms with Crippen LogP contribution in [-0.2, 0) is 4.74 Å². The molecule has 0 amide bonds. The summed E-state index contributed by atoms with van der Waals surface area (Å²) >= 11 is 3.57. The van der Waals surface area contributed by atoms with Gasteiger partial charge in [-0.15, -0.1) is 0 Å². The van der Waals surface area contributed by atoms with Gasteiger partial charge in [-0.3, -0.25) is 0 Å². The molecule has 11 heavy (non-hydrogen) atoms. The summed E-state index contributed by atoms with van der Waals surface area (Å²) in [6.45, 7) is 8.78. The highest BCUT2D eigenvalue weighted by Gasteiger charge is 2.48. The molecule has 66 valence electrons. The fraction of sp³-hybridized carbons (Fsp3) is 1.00. The van der Waals surface area contributed by atoms with Crippen LogP contribution in [0.3, 0.4) is 0 Å². The van der Waals surface area contributed by atoms with Gasteiger partial charge in [0, 0.05) is 10.7 Å². The van der Waals surface area contributed by atoms with Crippen molar-refractivity contribution in [1.29, 1.82) is 0 Å². The molecule has 0 N–H and O–H groups in total. The molecule has 0 radical (unpaired) electrons. The van der Waals surface area contributed by atoms with Crippen LogP contribution in [0.4, 0.5) is 0 Å². The van der Waals surface area contributed by atoms with Crippen molar-refractivity contribution in [2.75, 3.05) is 18.5 Å². The predicted octanol–water partition coefficient (Wildman–Crippen LogP) is 2.83. The number of halogens is 1. The molecule has 0 spiro atoms. The van der Waals surface area contributed by atoms with Gasteiger partial charge in [0.1, 0.15) is 0 Å². The molecular formula is C9H17BrO. The zero-order valence-electron chi connectivity index (χ0n) is 7.61. The summed E-state index contributed by atoms with van der Waals surface area (Å²) in [6.07, 6.45) is 1.23. The van der Waals surface area contributed by atoms with Crippen molar-refractivity contribution in [2.24, 2.45) is 10.8 Å². The molecule has 1 fully saturated rings. The van der Waals surface area contributed by atoms with Crippen molar-refractivity contribution in [3.8, 4) is 0 Å². The van der Waals surface area contributed by atoms with Gasteiger partial charge >= 0.3 is 0 Å². The summed E-state index contributed by atoms with van der Waals surface area (Å²) in [7, 11) is 0. The highest BCUT2D eigenvalue weighted by molar-refractivity contribution is 9.09. The maximum Gasteiger partial charge on any atom is 0.0550 e. The van der Waals surface area contributed by atoms with Gasteiger partial charge < -0.3 is 4.74 Å². The minimum Gasteiger partial charge on any atom is -0.380 e. The number of hydrogen-bond donors (Lipinski definition) is 0. The fourth-order valence-electron chi connectivity index (χ4n) is 1.56. The molecule has 0 bridgehead atoms. The van der Waals surface area contributed by atoms with Crippen LogP contribution in [0.1, 0.15) is 27.2 Å². The van der Waals surface area contributed by atoms with Crippen LogP contribution in [0.15, 0.2) is 0 Å². The van der Waals surface area contributed by atoms with Gasteiger partial charge in [0.25, 0.3) is 0 Å². The Morgan fingerprint density at radius 1 is 1.45 bits per heavy atom. The Bertz CT molecular complexity index is 133. The van der Waals surface area contributed by atoms with E-state index in [1.54, 1.807) is 0 Å². The minimum absolute atomic E-state index is 0.375. The van der Waals surface area contributed by atoms with E-state index in [-0.39, 0.29) is 0 Å². The fourth-order valence-corrected chi connectivity index (χ4v) is 2.16. The standard InChI is InChI=1S/C9H17BrO/c1-4-9(6-11-7-9)8(2,3)5-10/h4-7H2,1-3H3. The zero-order valence-corrected chi connectivity index (χ0v) is 9.20. The Morgan fingerprint density at radius 3 is 2.09 bits per heavy atom. The maximum absolute atomic E-state index is 5.30. The van der Waals surface area contributed by atoms with Crippen molar-refractivity contribution in [2.45, 2.75) is 27.2 Å². The van der Waals surface area contributed by atoms with E-state index < -0.39 is 0 Å². The lowest BCUT2D eigenvalue weighted by atomic mass is 9.63. The van der Waals surface area contributed by atoms with E-state index in [9.17, 15) is 0 Å². The van der Waals surface area contributed by atoms with Crippen LogP contribution in [0.2, 0.25) is 0 Å². The first-order valence-electron chi connectivity index (χ1n) is 4.22. The van der Waals surface area contributed by atoms with Crippen LogP contribution >= 0.6 is 15.9 Å². The van der Waals surface area contributed by atoms with E-state index >= 15 is 0 Å². The van der Waals surface area contributed by atoms with E-state index in [0.29, 0.717) is 10.8 Å². The van der Waals surface area contributed by atoms with E-state index in [0.717, 1.165) is 18.5 Å². The molecule has 0 aromatic heterocycles. The third-order valence-electron chi connectivity index (χ3n) is 3.20. The molecule has 1 rings (SSSR count). The average Bonchev–Trinajstić information content (AvgIpc) is 1.86. The number of rotatable bonds is 3. The van der Waals surface area contributed by atoms with E-state index in [1.165, 1.54) is 6.42 Å². The molecule has 1 aliphatic rings. The quantitative estimate of drug-likeness (QED) is 0.666. The summed E-state index contributed by atoms with van der Waals surface area (Å²) in [5, 5.41) is 1.07. The SMILES string of the molecule is CCC1(C(C)(C)CBr)COC1. The first-order valence-corrected chi connectivity index (χ1v) is 5.34. The van der Waals surface area contributed by atoms with Gasteiger partial charge in [0.05, 0.1) is 13.2 Å². The Kier molecular flexibility index (Phi) is 2.65. The Balaban J connectivity index is 2.68. The van der Waals surface area contributed by atoms with Gasteiger partial charge in [-0.1, -0.05) is 36.7 Å². The number of alkyl halides is 1. The van der Waals surface area contributed by atoms with Crippen molar-refractivity contribution in [3.63, 3.8) is 0 Å². The van der Waals surface area contributed by atoms with Gasteiger partial charge in [-0.05, 0) is 11.8 Å². The smallest absolute Gasteiger partial charge is 0.0550 e. The second-order valence-corrected chi connectivity index (χ2v) is 4.70. The lowest BCUT2D eigenvalue weighted by molar-refractivity contribution is -0.169.